The summed E-state index contributed by atoms with van der Waals surface area (Å²) in [5.74, 6) is -21.1. The number of guanidine groups is 1. The number of amides is 16. The molecule has 1 aliphatic heterocycles. The summed E-state index contributed by atoms with van der Waals surface area (Å²) in [4.78, 5) is 242. The highest BCUT2D eigenvalue weighted by Gasteiger charge is 2.46. The van der Waals surface area contributed by atoms with E-state index in [-0.39, 0.29) is 94.7 Å². The average Bonchev–Trinajstić information content (AvgIpc) is 1.69. The summed E-state index contributed by atoms with van der Waals surface area (Å²) in [7, 11) is 0. The van der Waals surface area contributed by atoms with E-state index in [0.717, 1.165) is 18.7 Å². The molecule has 16 amide bonds. The molecule has 20 atom stereocenters. The van der Waals surface area contributed by atoms with Crippen molar-refractivity contribution in [3.63, 3.8) is 0 Å². The van der Waals surface area contributed by atoms with Crippen LogP contribution in [0.15, 0.2) is 53.5 Å². The van der Waals surface area contributed by atoms with Gasteiger partial charge in [-0.2, -0.15) is 25.3 Å². The van der Waals surface area contributed by atoms with E-state index in [1.54, 1.807) is 27.7 Å². The van der Waals surface area contributed by atoms with Gasteiger partial charge in [-0.3, -0.25) is 81.7 Å². The number of thiol groups is 2. The second-order valence-corrected chi connectivity index (χ2v) is 33.6. The molecule has 48 nitrogen and oxygen atoms in total. The van der Waals surface area contributed by atoms with Crippen LogP contribution in [0.25, 0.3) is 0 Å². The molecule has 50 heteroatoms. The lowest BCUT2D eigenvalue weighted by Crippen LogP contribution is -2.64. The second kappa shape index (κ2) is 54.8. The van der Waals surface area contributed by atoms with E-state index in [4.69, 9.17) is 45.9 Å². The highest BCUT2D eigenvalue weighted by Crippen LogP contribution is 2.24. The molecule has 37 N–H and O–H groups in total. The van der Waals surface area contributed by atoms with Crippen molar-refractivity contribution >= 4 is 132 Å². The fourth-order valence-corrected chi connectivity index (χ4v) is 13.4. The van der Waals surface area contributed by atoms with E-state index >= 15 is 0 Å². The minimum Gasteiger partial charge on any atom is -0.508 e. The quantitative estimate of drug-likeness (QED) is 0.0127. The number of carboxylic acid groups (broad SMARTS) is 1. The maximum atomic E-state index is 14.7. The topological polar surface area (TPSA) is 824 Å². The van der Waals surface area contributed by atoms with Crippen molar-refractivity contribution in [2.75, 3.05) is 51.6 Å². The predicted molar refractivity (Wildman–Crippen MR) is 472 cm³/mol. The highest BCUT2D eigenvalue weighted by molar-refractivity contribution is 7.81. The third kappa shape index (κ3) is 37.0. The zero-order chi connectivity index (χ0) is 97.6. The van der Waals surface area contributed by atoms with Gasteiger partial charge in [0.05, 0.1) is 37.4 Å². The van der Waals surface area contributed by atoms with E-state index in [9.17, 15) is 117 Å². The first-order chi connectivity index (χ1) is 60.5. The van der Waals surface area contributed by atoms with Crippen LogP contribution < -0.4 is 120 Å². The first-order valence-electron chi connectivity index (χ1n) is 41.7. The van der Waals surface area contributed by atoms with Gasteiger partial charge >= 0.3 is 5.97 Å². The van der Waals surface area contributed by atoms with Crippen molar-refractivity contribution in [3.05, 3.63) is 59.7 Å². The van der Waals surface area contributed by atoms with Gasteiger partial charge in [0.1, 0.15) is 102 Å². The smallest absolute Gasteiger partial charge is 0.326 e. The first kappa shape index (κ1) is 112. The van der Waals surface area contributed by atoms with Crippen molar-refractivity contribution in [1.29, 1.82) is 0 Å². The number of carboxylic acids is 1. The molecule has 0 aromatic heterocycles. The molecule has 0 aliphatic carbocycles. The van der Waals surface area contributed by atoms with Gasteiger partial charge in [0.2, 0.25) is 94.5 Å². The molecule has 1 saturated heterocycles. The molecule has 0 unspecified atom stereocenters. The van der Waals surface area contributed by atoms with Crippen molar-refractivity contribution in [2.45, 2.75) is 246 Å². The molecule has 1 heterocycles. The molecule has 0 radical (unpaired) electrons. The van der Waals surface area contributed by atoms with Crippen LogP contribution in [0.3, 0.4) is 0 Å². The number of carbonyl (C=O) groups is 17. The van der Waals surface area contributed by atoms with Gasteiger partial charge < -0.3 is 161 Å². The molecule has 129 heavy (non-hydrogen) atoms. The fourth-order valence-electron chi connectivity index (χ4n) is 13.0. The number of benzene rings is 2. The van der Waals surface area contributed by atoms with Gasteiger partial charge in [0, 0.05) is 42.9 Å². The number of nitrogens with one attached hydrogen (secondary N) is 14. The summed E-state index contributed by atoms with van der Waals surface area (Å²) in [6.45, 7) is 8.89. The summed E-state index contributed by atoms with van der Waals surface area (Å²) in [5, 5.41) is 106. The Labute approximate surface area is 756 Å². The number of rotatable bonds is 56. The van der Waals surface area contributed by atoms with Crippen LogP contribution in [0.1, 0.15) is 124 Å². The number of aromatic hydroxyl groups is 2. The number of aliphatic imine (C=N–C) groups is 1. The Kier molecular flexibility index (Phi) is 47.5. The number of carbonyl (C=O) groups excluding carboxylic acids is 16. The number of aliphatic hydroxyl groups is 4. The number of aliphatic carboxylic acids is 1. The van der Waals surface area contributed by atoms with Gasteiger partial charge in [-0.05, 0) is 140 Å². The van der Waals surface area contributed by atoms with Crippen molar-refractivity contribution < 1.29 is 117 Å². The molecular formula is C79H130N24O24S2. The highest BCUT2D eigenvalue weighted by atomic mass is 32.1. The Morgan fingerprint density at radius 1 is 0.488 bits per heavy atom. The van der Waals surface area contributed by atoms with E-state index in [1.807, 2.05) is 0 Å². The molecule has 722 valence electrons. The van der Waals surface area contributed by atoms with Crippen LogP contribution >= 0.6 is 25.3 Å². The van der Waals surface area contributed by atoms with Crippen LogP contribution in [0.2, 0.25) is 0 Å². The number of phenolic OH excluding ortho intramolecular Hbond substituents is 2. The molecule has 0 spiro atoms. The minimum absolute atomic E-state index is 0.104. The largest absolute Gasteiger partial charge is 0.508 e. The van der Waals surface area contributed by atoms with Gasteiger partial charge in [0.25, 0.3) is 0 Å². The van der Waals surface area contributed by atoms with Crippen LogP contribution in [0, 0.1) is 11.8 Å². The summed E-state index contributed by atoms with van der Waals surface area (Å²) in [5.41, 5.74) is 47.1. The van der Waals surface area contributed by atoms with Crippen molar-refractivity contribution in [1.82, 2.24) is 79.3 Å². The maximum Gasteiger partial charge on any atom is 0.326 e. The molecule has 2 aromatic rings. The summed E-state index contributed by atoms with van der Waals surface area (Å²) >= 11 is 8.71. The number of primary amides is 1. The van der Waals surface area contributed by atoms with Crippen LogP contribution in [-0.4, -0.2) is 318 Å². The Bertz CT molecular complexity index is 4170. The molecular weight excluding hydrogens is 1730 g/mol. The SMILES string of the molecule is CC[C@H](C)[C@H](NC(=O)[C@@H]1C[C@@H](O)CN1C(=O)[C@@H](N)C(C)C)C(=O)N[C@H](C(=O)N[C@@H](Cc1ccc(O)cc1)C(=O)N[C@@H](CCN)C(=O)N[C@@H](CC(N)=O)C(=O)N[C@@H](CCCN=C(N)N)C(=O)N[C@@H](CCN)C(=O)N[C@H](C(=O)N[C@H](CCN)C(=O)N[C@@H](CCN)C(=O)N[C@H](C(=O)N[C@@H](CO)C(=O)N[C@@H](CS)C(=O)N[C@@H](Cc1ccc(O)cc1)C(=O)O)[C@@H](C)O)[C@@H](C)O)C(C)(C)S. The first-order valence-corrected chi connectivity index (χ1v) is 42.8. The molecule has 1 aliphatic rings. The lowest BCUT2D eigenvalue weighted by molar-refractivity contribution is -0.142. The van der Waals surface area contributed by atoms with Crippen LogP contribution in [-0.2, 0) is 94.3 Å². The number of likely N-dealkylation sites (tertiary alicyclic amines) is 1. The van der Waals surface area contributed by atoms with E-state index in [2.05, 4.69) is 105 Å². The van der Waals surface area contributed by atoms with E-state index in [1.165, 1.54) is 62.4 Å². The number of nitrogens with two attached hydrogens (primary N) is 8. The van der Waals surface area contributed by atoms with Crippen molar-refractivity contribution in [2.24, 2.45) is 62.7 Å². The normalized spacial score (nSPS) is 17.3. The molecule has 0 bridgehead atoms. The lowest BCUT2D eigenvalue weighted by Gasteiger charge is -2.34. The van der Waals surface area contributed by atoms with E-state index < -0.39 is 271 Å². The molecule has 1 fully saturated rings. The predicted octanol–water partition coefficient (Wildman–Crippen LogP) is -11.5. The van der Waals surface area contributed by atoms with Gasteiger partial charge in [-0.25, -0.2) is 4.79 Å². The number of β-amino-alcohol motifs (C(OH)–C–C–N with tert-alkyl or cyclic N) is 1. The zero-order valence-electron chi connectivity index (χ0n) is 73.2. The Balaban J connectivity index is 1.89. The number of nitrogens with zero attached hydrogens (tertiary/aromatic N) is 2. The third-order valence-electron chi connectivity index (χ3n) is 20.6. The van der Waals surface area contributed by atoms with Crippen LogP contribution in [0.4, 0.5) is 0 Å². The van der Waals surface area contributed by atoms with Crippen molar-refractivity contribution in [3.8, 4) is 11.5 Å². The van der Waals surface area contributed by atoms with Gasteiger partial charge in [0.15, 0.2) is 5.96 Å². The molecule has 3 rings (SSSR count). The lowest BCUT2D eigenvalue weighted by atomic mass is 9.95. The summed E-state index contributed by atoms with van der Waals surface area (Å²) < 4.78 is -1.46. The van der Waals surface area contributed by atoms with Crippen LogP contribution in [0.5, 0.6) is 11.5 Å². The molecule has 0 saturated carbocycles. The standard InChI is InChI=1S/C79H130N24O24S2/c1-9-37(4)58(99-71(120)55-31-44(109)33-103(55)76(125)57(85)36(2)3)72(121)102-61(79(7,8)129)75(124)95-50(29-40-12-16-42(107)17-13-40)67(116)92-46(20-24-80)64(113)94-51(32-56(84)110)68(117)89-45(11-10-28-88-78(86)87)62(111)90-48(22-26-82)65(114)100-59(38(5)105)73(122)93-47(21-25-81)63(112)91-49(23-27-83)66(115)101-60(39(6)106)74(123)97-53(34-104)69(118)98-54(35-128)70(119)96-52(77(126)127)30-41-14-18-43(108)19-15-41/h12-19,36-39,44-55,57-61,104-109,128-129H,9-11,20-35,80-83,85H2,1-8H3,(H2,84,110)(H,89,117)(H,90,111)(H,91,112)(H,92,116)(H,93,122)(H,94,113)(H,95,124)(H,96,119)(H,97,123)(H,98,118)(H,99,120)(H,100,114)(H,101,115)(H,102,121)(H,126,127)(H4,86,87,88)/t37-,38+,39+,44+,45-,46-,47+,48-,49-,50-,51-,52-,53-,54-,55-,57-,58-,59-,60-,61+/m0/s1. The zero-order valence-corrected chi connectivity index (χ0v) is 74.9. The Morgan fingerprint density at radius 3 is 1.23 bits per heavy atom. The third-order valence-corrected chi connectivity index (χ3v) is 21.3. The number of aliphatic hydroxyl groups excluding tert-OH is 4. The maximum absolute atomic E-state index is 14.7. The number of phenols is 2. The minimum atomic E-state index is -1.99. The summed E-state index contributed by atoms with van der Waals surface area (Å²) in [6, 6.07) is -15.6. The number of hydrogen-bond donors (Lipinski definition) is 31. The molecule has 2 aromatic carbocycles. The Hall–Kier alpha value is -11.4. The summed E-state index contributed by atoms with van der Waals surface area (Å²) in [6.07, 6.45) is -8.26. The second-order valence-electron chi connectivity index (χ2n) is 32.1. The fraction of sp³-hybridized carbons (Fsp3) is 0.620. The van der Waals surface area contributed by atoms with Gasteiger partial charge in [-0.15, -0.1) is 0 Å². The number of hydrogen-bond acceptors (Lipinski definition) is 31. The Morgan fingerprint density at radius 2 is 0.845 bits per heavy atom. The average molecular weight is 1860 g/mol. The van der Waals surface area contributed by atoms with E-state index in [0.29, 0.717) is 17.5 Å². The van der Waals surface area contributed by atoms with Gasteiger partial charge in [-0.1, -0.05) is 58.4 Å². The monoisotopic (exact) mass is 1860 g/mol.